The Morgan fingerprint density at radius 1 is 1.33 bits per heavy atom. The monoisotopic (exact) mass is 325 g/mol. The van der Waals surface area contributed by atoms with Crippen molar-refractivity contribution in [1.82, 2.24) is 4.98 Å². The minimum atomic E-state index is -0.360. The van der Waals surface area contributed by atoms with Gasteiger partial charge in [-0.3, -0.25) is 0 Å². The Bertz CT molecular complexity index is 604. The minimum Gasteiger partial charge on any atom is -0.389 e. The second-order valence-electron chi connectivity index (χ2n) is 3.54. The van der Waals surface area contributed by atoms with Gasteiger partial charge in [0.05, 0.1) is 5.69 Å². The highest BCUT2D eigenvalue weighted by Crippen LogP contribution is 2.23. The van der Waals surface area contributed by atoms with E-state index in [2.05, 4.69) is 26.2 Å². The van der Waals surface area contributed by atoms with Crippen molar-refractivity contribution in [3.05, 3.63) is 52.4 Å². The van der Waals surface area contributed by atoms with Crippen molar-refractivity contribution >= 4 is 44.6 Å². The molecule has 0 radical (unpaired) electrons. The van der Waals surface area contributed by atoms with Gasteiger partial charge in [-0.25, -0.2) is 9.37 Å². The summed E-state index contributed by atoms with van der Waals surface area (Å²) in [7, 11) is 0. The normalized spacial score (nSPS) is 10.1. The number of hydrogen-bond acceptors (Lipinski definition) is 3. The average Bonchev–Trinajstić information content (AvgIpc) is 2.34. The lowest BCUT2D eigenvalue weighted by Crippen LogP contribution is -2.10. The van der Waals surface area contributed by atoms with Crippen LogP contribution in [0.2, 0.25) is 0 Å². The van der Waals surface area contributed by atoms with E-state index in [4.69, 9.17) is 18.0 Å². The summed E-state index contributed by atoms with van der Waals surface area (Å²) in [5, 5.41) is 2.88. The third kappa shape index (κ3) is 3.02. The maximum Gasteiger partial charge on any atom is 0.146 e. The number of rotatable bonds is 3. The van der Waals surface area contributed by atoms with E-state index < -0.39 is 0 Å². The second kappa shape index (κ2) is 5.41. The number of hydrogen-bond donors (Lipinski definition) is 2. The fourth-order valence-corrected chi connectivity index (χ4v) is 1.87. The SMILES string of the molecule is NC(=S)c1ccnc(Nc2cc(Br)ccc2F)c1. The van der Waals surface area contributed by atoms with E-state index in [0.29, 0.717) is 17.1 Å². The van der Waals surface area contributed by atoms with E-state index in [0.717, 1.165) is 4.47 Å². The van der Waals surface area contributed by atoms with Gasteiger partial charge in [0.2, 0.25) is 0 Å². The van der Waals surface area contributed by atoms with Crippen molar-refractivity contribution in [2.45, 2.75) is 0 Å². The zero-order valence-corrected chi connectivity index (χ0v) is 11.6. The molecule has 0 unspecified atom stereocenters. The summed E-state index contributed by atoms with van der Waals surface area (Å²) >= 11 is 8.15. The van der Waals surface area contributed by atoms with Crippen LogP contribution in [0.15, 0.2) is 41.0 Å². The fraction of sp³-hybridized carbons (Fsp3) is 0. The highest BCUT2D eigenvalue weighted by molar-refractivity contribution is 9.10. The predicted octanol–water partition coefficient (Wildman–Crippen LogP) is 3.36. The van der Waals surface area contributed by atoms with E-state index in [-0.39, 0.29) is 10.8 Å². The van der Waals surface area contributed by atoms with Gasteiger partial charge in [0.25, 0.3) is 0 Å². The van der Waals surface area contributed by atoms with Crippen LogP contribution in [-0.4, -0.2) is 9.97 Å². The molecule has 0 amide bonds. The molecule has 0 fully saturated rings. The van der Waals surface area contributed by atoms with Crippen LogP contribution in [0.5, 0.6) is 0 Å². The number of thiocarbonyl (C=S) groups is 1. The number of nitrogens with zero attached hydrogens (tertiary/aromatic N) is 1. The number of anilines is 2. The van der Waals surface area contributed by atoms with Crippen molar-refractivity contribution in [2.24, 2.45) is 5.73 Å². The smallest absolute Gasteiger partial charge is 0.146 e. The molecule has 1 aromatic carbocycles. The molecule has 0 spiro atoms. The van der Waals surface area contributed by atoms with Crippen LogP contribution >= 0.6 is 28.1 Å². The Balaban J connectivity index is 2.31. The largest absolute Gasteiger partial charge is 0.389 e. The summed E-state index contributed by atoms with van der Waals surface area (Å²) in [4.78, 5) is 4.35. The van der Waals surface area contributed by atoms with E-state index in [1.165, 1.54) is 6.07 Å². The molecule has 3 nitrogen and oxygen atoms in total. The topological polar surface area (TPSA) is 50.9 Å². The minimum absolute atomic E-state index is 0.273. The molecule has 0 aliphatic carbocycles. The third-order valence-electron chi connectivity index (χ3n) is 2.24. The van der Waals surface area contributed by atoms with Crippen LogP contribution < -0.4 is 11.1 Å². The lowest BCUT2D eigenvalue weighted by molar-refractivity contribution is 0.631. The fourth-order valence-electron chi connectivity index (χ4n) is 1.38. The molecule has 0 bridgehead atoms. The molecule has 0 aliphatic rings. The number of benzene rings is 1. The number of aromatic nitrogens is 1. The molecule has 0 atom stereocenters. The average molecular weight is 326 g/mol. The highest BCUT2D eigenvalue weighted by atomic mass is 79.9. The van der Waals surface area contributed by atoms with Crippen molar-refractivity contribution in [1.29, 1.82) is 0 Å². The van der Waals surface area contributed by atoms with Gasteiger partial charge in [-0.05, 0) is 30.3 Å². The van der Waals surface area contributed by atoms with Gasteiger partial charge in [-0.2, -0.15) is 0 Å². The summed E-state index contributed by atoms with van der Waals surface area (Å²) in [6.45, 7) is 0. The zero-order chi connectivity index (χ0) is 13.1. The van der Waals surface area contributed by atoms with E-state index >= 15 is 0 Å². The molecule has 3 N–H and O–H groups in total. The molecular weight excluding hydrogens is 317 g/mol. The molecule has 18 heavy (non-hydrogen) atoms. The maximum absolute atomic E-state index is 13.6. The Hall–Kier alpha value is -1.53. The molecule has 2 rings (SSSR count). The Morgan fingerprint density at radius 3 is 2.83 bits per heavy atom. The van der Waals surface area contributed by atoms with Crippen LogP contribution in [0.3, 0.4) is 0 Å². The van der Waals surface area contributed by atoms with Crippen LogP contribution in [0, 0.1) is 5.82 Å². The second-order valence-corrected chi connectivity index (χ2v) is 4.90. The molecular formula is C12H9BrFN3S. The Labute approximate surface area is 117 Å². The van der Waals surface area contributed by atoms with E-state index in [1.807, 2.05) is 0 Å². The van der Waals surface area contributed by atoms with Crippen molar-refractivity contribution in [2.75, 3.05) is 5.32 Å². The Morgan fingerprint density at radius 2 is 2.11 bits per heavy atom. The van der Waals surface area contributed by atoms with Gasteiger partial charge in [0.1, 0.15) is 16.6 Å². The van der Waals surface area contributed by atoms with Crippen LogP contribution in [0.1, 0.15) is 5.56 Å². The molecule has 2 aromatic rings. The predicted molar refractivity (Wildman–Crippen MR) is 77.5 cm³/mol. The molecule has 1 heterocycles. The first-order valence-electron chi connectivity index (χ1n) is 5.04. The lowest BCUT2D eigenvalue weighted by Gasteiger charge is -2.08. The van der Waals surface area contributed by atoms with Gasteiger partial charge in [-0.1, -0.05) is 28.1 Å². The first-order chi connectivity index (χ1) is 8.56. The standard InChI is InChI=1S/C12H9BrFN3S/c13-8-1-2-9(14)10(6-8)17-11-5-7(12(15)18)3-4-16-11/h1-6H,(H2,15,18)(H,16,17). The van der Waals surface area contributed by atoms with E-state index in [9.17, 15) is 4.39 Å². The maximum atomic E-state index is 13.6. The highest BCUT2D eigenvalue weighted by Gasteiger charge is 2.05. The van der Waals surface area contributed by atoms with Gasteiger partial charge in [0.15, 0.2) is 0 Å². The first-order valence-corrected chi connectivity index (χ1v) is 6.24. The van der Waals surface area contributed by atoms with Gasteiger partial charge in [0, 0.05) is 16.2 Å². The summed E-state index contributed by atoms with van der Waals surface area (Å²) in [6, 6.07) is 7.99. The van der Waals surface area contributed by atoms with Gasteiger partial charge >= 0.3 is 0 Å². The van der Waals surface area contributed by atoms with Crippen molar-refractivity contribution in [3.63, 3.8) is 0 Å². The summed E-state index contributed by atoms with van der Waals surface area (Å²) < 4.78 is 14.3. The lowest BCUT2D eigenvalue weighted by atomic mass is 10.2. The molecule has 1 aromatic heterocycles. The zero-order valence-electron chi connectivity index (χ0n) is 9.15. The number of nitrogens with two attached hydrogens (primary N) is 1. The van der Waals surface area contributed by atoms with Crippen molar-refractivity contribution < 1.29 is 4.39 Å². The summed E-state index contributed by atoms with van der Waals surface area (Å²) in [6.07, 6.45) is 1.56. The quantitative estimate of drug-likeness (QED) is 0.849. The molecule has 0 saturated carbocycles. The summed E-state index contributed by atoms with van der Waals surface area (Å²) in [5.41, 5.74) is 6.53. The van der Waals surface area contributed by atoms with Gasteiger partial charge in [-0.15, -0.1) is 0 Å². The number of pyridine rings is 1. The molecule has 92 valence electrons. The first kappa shape index (κ1) is 12.9. The van der Waals surface area contributed by atoms with Crippen LogP contribution in [0.4, 0.5) is 15.9 Å². The third-order valence-corrected chi connectivity index (χ3v) is 2.96. The van der Waals surface area contributed by atoms with Crippen LogP contribution in [-0.2, 0) is 0 Å². The summed E-state index contributed by atoms with van der Waals surface area (Å²) in [5.74, 6) is 0.123. The Kier molecular flexibility index (Phi) is 3.88. The van der Waals surface area contributed by atoms with Gasteiger partial charge < -0.3 is 11.1 Å². The van der Waals surface area contributed by atoms with E-state index in [1.54, 1.807) is 30.5 Å². The number of nitrogens with one attached hydrogen (secondary N) is 1. The molecule has 0 aliphatic heterocycles. The van der Waals surface area contributed by atoms with Crippen LogP contribution in [0.25, 0.3) is 0 Å². The number of halogens is 2. The molecule has 0 saturated heterocycles. The van der Waals surface area contributed by atoms with Crippen molar-refractivity contribution in [3.8, 4) is 0 Å². The molecule has 6 heteroatoms.